The highest BCUT2D eigenvalue weighted by atomic mass is 19.4. The van der Waals surface area contributed by atoms with Crippen LogP contribution in [0.2, 0.25) is 0 Å². The molecule has 11 heteroatoms. The van der Waals surface area contributed by atoms with E-state index in [1.807, 2.05) is 6.07 Å². The summed E-state index contributed by atoms with van der Waals surface area (Å²) in [7, 11) is 0. The van der Waals surface area contributed by atoms with E-state index in [1.165, 1.54) is 12.1 Å². The van der Waals surface area contributed by atoms with Crippen molar-refractivity contribution >= 4 is 5.91 Å². The fourth-order valence-electron chi connectivity index (χ4n) is 3.45. The average Bonchev–Trinajstić information content (AvgIpc) is 3.45. The molecule has 0 aliphatic carbocycles. The van der Waals surface area contributed by atoms with Gasteiger partial charge in [0.25, 0.3) is 0 Å². The minimum atomic E-state index is -4.50. The van der Waals surface area contributed by atoms with Crippen molar-refractivity contribution in [1.82, 2.24) is 29.9 Å². The summed E-state index contributed by atoms with van der Waals surface area (Å²) in [5, 5.41) is 8.38. The van der Waals surface area contributed by atoms with E-state index in [-0.39, 0.29) is 25.1 Å². The van der Waals surface area contributed by atoms with E-state index in [0.717, 1.165) is 17.8 Å². The van der Waals surface area contributed by atoms with Crippen LogP contribution in [-0.4, -0.2) is 55.0 Å². The Morgan fingerprint density at radius 2 is 2.09 bits per heavy atom. The van der Waals surface area contributed by atoms with Crippen LogP contribution in [0.25, 0.3) is 11.3 Å². The Bertz CT molecular complexity index is 1080. The van der Waals surface area contributed by atoms with E-state index in [9.17, 15) is 18.0 Å². The molecule has 32 heavy (non-hydrogen) atoms. The number of nitrogens with zero attached hydrogens (tertiary/aromatic N) is 6. The van der Waals surface area contributed by atoms with E-state index in [4.69, 9.17) is 4.74 Å². The maximum absolute atomic E-state index is 12.7. The molecular weight excluding hydrogens is 425 g/mol. The first-order chi connectivity index (χ1) is 15.3. The molecule has 0 N–H and O–H groups in total. The van der Waals surface area contributed by atoms with Gasteiger partial charge in [0.2, 0.25) is 5.91 Å². The van der Waals surface area contributed by atoms with Crippen molar-refractivity contribution in [3.63, 3.8) is 0 Å². The quantitative estimate of drug-likeness (QED) is 0.544. The topological polar surface area (TPSA) is 86.0 Å². The van der Waals surface area contributed by atoms with Gasteiger partial charge >= 0.3 is 6.18 Å². The van der Waals surface area contributed by atoms with Gasteiger partial charge in [-0.3, -0.25) is 14.8 Å². The number of halogens is 3. The maximum atomic E-state index is 12.7. The Morgan fingerprint density at radius 1 is 1.25 bits per heavy atom. The molecule has 0 spiro atoms. The number of hydrogen-bond donors (Lipinski definition) is 0. The zero-order valence-electron chi connectivity index (χ0n) is 16.8. The summed E-state index contributed by atoms with van der Waals surface area (Å²) < 4.78 is 45.7. The van der Waals surface area contributed by atoms with Crippen molar-refractivity contribution in [1.29, 1.82) is 0 Å². The Hall–Kier alpha value is -3.60. The molecular formula is C21H19F3N6O2. The summed E-state index contributed by atoms with van der Waals surface area (Å²) >= 11 is 0. The van der Waals surface area contributed by atoms with E-state index < -0.39 is 18.0 Å². The lowest BCUT2D eigenvalue weighted by atomic mass is 10.2. The molecule has 2 atom stereocenters. The molecule has 1 saturated heterocycles. The number of carbonyl (C=O) groups excluding carboxylic acids is 1. The summed E-state index contributed by atoms with van der Waals surface area (Å²) in [6.07, 6.45) is 2.48. The van der Waals surface area contributed by atoms with Crippen LogP contribution < -0.4 is 0 Å². The van der Waals surface area contributed by atoms with Gasteiger partial charge in [0, 0.05) is 37.2 Å². The molecule has 0 radical (unpaired) electrons. The first-order valence-electron chi connectivity index (χ1n) is 9.72. The molecule has 3 aromatic heterocycles. The van der Waals surface area contributed by atoms with E-state index in [2.05, 4.69) is 26.9 Å². The minimum absolute atomic E-state index is 0.0343. The average molecular weight is 444 g/mol. The molecule has 1 fully saturated rings. The first kappa shape index (κ1) is 21.6. The molecule has 1 aliphatic heterocycles. The Balaban J connectivity index is 1.50. The highest BCUT2D eigenvalue weighted by molar-refractivity contribution is 5.87. The minimum Gasteiger partial charge on any atom is -0.369 e. The van der Waals surface area contributed by atoms with Crippen LogP contribution in [-0.2, 0) is 22.3 Å². The number of hydrogen-bond acceptors (Lipinski definition) is 6. The third kappa shape index (κ3) is 4.67. The molecule has 4 heterocycles. The molecule has 8 nitrogen and oxygen atoms in total. The molecule has 1 amide bonds. The van der Waals surface area contributed by atoms with Gasteiger partial charge in [0.05, 0.1) is 24.9 Å². The molecule has 2 unspecified atom stereocenters. The van der Waals surface area contributed by atoms with Gasteiger partial charge in [0.15, 0.2) is 0 Å². The first-order valence-corrected chi connectivity index (χ1v) is 9.72. The molecule has 0 aromatic carbocycles. The smallest absolute Gasteiger partial charge is 0.369 e. The summed E-state index contributed by atoms with van der Waals surface area (Å²) in [5.74, 6) is -0.245. The Labute approximate surface area is 181 Å². The Morgan fingerprint density at radius 3 is 2.75 bits per heavy atom. The number of ether oxygens (including phenoxy) is 1. The summed E-state index contributed by atoms with van der Waals surface area (Å²) in [5.41, 5.74) is 0.939. The molecule has 4 rings (SSSR count). The van der Waals surface area contributed by atoms with Gasteiger partial charge in [-0.15, -0.1) is 5.10 Å². The van der Waals surface area contributed by atoms with Crippen molar-refractivity contribution in [3.8, 4) is 11.3 Å². The van der Waals surface area contributed by atoms with Crippen LogP contribution >= 0.6 is 0 Å². The number of amides is 1. The van der Waals surface area contributed by atoms with Crippen molar-refractivity contribution in [2.24, 2.45) is 0 Å². The third-order valence-corrected chi connectivity index (χ3v) is 5.11. The van der Waals surface area contributed by atoms with Crippen LogP contribution in [0.5, 0.6) is 0 Å². The second-order valence-electron chi connectivity index (χ2n) is 7.24. The van der Waals surface area contributed by atoms with Crippen molar-refractivity contribution in [2.75, 3.05) is 13.1 Å². The highest BCUT2D eigenvalue weighted by Gasteiger charge is 2.37. The number of rotatable bonds is 6. The predicted molar refractivity (Wildman–Crippen MR) is 107 cm³/mol. The monoisotopic (exact) mass is 444 g/mol. The van der Waals surface area contributed by atoms with Gasteiger partial charge in [-0.05, 0) is 29.8 Å². The fourth-order valence-corrected chi connectivity index (χ4v) is 3.45. The van der Waals surface area contributed by atoms with Crippen LogP contribution in [0.4, 0.5) is 13.2 Å². The van der Waals surface area contributed by atoms with Gasteiger partial charge < -0.3 is 9.64 Å². The van der Waals surface area contributed by atoms with Crippen molar-refractivity contribution < 1.29 is 22.7 Å². The second kappa shape index (κ2) is 8.87. The lowest BCUT2D eigenvalue weighted by Gasteiger charge is -2.18. The van der Waals surface area contributed by atoms with E-state index >= 15 is 0 Å². The fraction of sp³-hybridized carbons (Fsp3) is 0.286. The second-order valence-corrected chi connectivity index (χ2v) is 7.24. The molecule has 0 bridgehead atoms. The standard InChI is InChI=1S/C21H19F3N6O2/c1-2-20(31)29-11-17(30-10-16(27-28-30)15-4-3-7-25-9-15)18(12-29)32-13-14-5-6-19(26-8-14)21(22,23)24/h2-10,17-18H,1,11-13H2. The largest absolute Gasteiger partial charge is 0.433 e. The maximum Gasteiger partial charge on any atom is 0.433 e. The van der Waals surface area contributed by atoms with Gasteiger partial charge in [-0.2, -0.15) is 13.2 Å². The molecule has 166 valence electrons. The number of pyridine rings is 2. The van der Waals surface area contributed by atoms with Crippen molar-refractivity contribution in [3.05, 3.63) is 73.0 Å². The number of alkyl halides is 3. The highest BCUT2D eigenvalue weighted by Crippen LogP contribution is 2.29. The summed E-state index contributed by atoms with van der Waals surface area (Å²) in [6, 6.07) is 5.55. The number of aromatic nitrogens is 5. The molecule has 3 aromatic rings. The summed E-state index contributed by atoms with van der Waals surface area (Å²) in [6.45, 7) is 4.17. The van der Waals surface area contributed by atoms with Crippen LogP contribution in [0, 0.1) is 0 Å². The van der Waals surface area contributed by atoms with E-state index in [0.29, 0.717) is 17.8 Å². The molecule has 0 saturated carbocycles. The molecule has 1 aliphatic rings. The van der Waals surface area contributed by atoms with Gasteiger partial charge in [-0.25, -0.2) is 4.68 Å². The van der Waals surface area contributed by atoms with Gasteiger partial charge in [0.1, 0.15) is 11.4 Å². The van der Waals surface area contributed by atoms with E-state index in [1.54, 1.807) is 34.2 Å². The third-order valence-electron chi connectivity index (χ3n) is 5.11. The predicted octanol–water partition coefficient (Wildman–Crippen LogP) is 2.91. The number of carbonyl (C=O) groups is 1. The zero-order valence-corrected chi connectivity index (χ0v) is 16.8. The summed E-state index contributed by atoms with van der Waals surface area (Å²) in [4.78, 5) is 21.3. The normalized spacial score (nSPS) is 18.7. The van der Waals surface area contributed by atoms with Crippen LogP contribution in [0.1, 0.15) is 17.3 Å². The Kier molecular flexibility index (Phi) is 5.99. The van der Waals surface area contributed by atoms with Crippen LogP contribution in [0.15, 0.2) is 61.7 Å². The lowest BCUT2D eigenvalue weighted by molar-refractivity contribution is -0.141. The zero-order chi connectivity index (χ0) is 22.7. The lowest BCUT2D eigenvalue weighted by Crippen LogP contribution is -2.28. The van der Waals surface area contributed by atoms with Crippen LogP contribution in [0.3, 0.4) is 0 Å². The number of likely N-dealkylation sites (tertiary alicyclic amines) is 1. The SMILES string of the molecule is C=CC(=O)N1CC(OCc2ccc(C(F)(F)F)nc2)C(n2cc(-c3cccnc3)nn2)C1. The van der Waals surface area contributed by atoms with Crippen molar-refractivity contribution in [2.45, 2.75) is 24.9 Å². The van der Waals surface area contributed by atoms with Gasteiger partial charge in [-0.1, -0.05) is 17.9 Å².